The number of pyridine rings is 2. The number of hydrogen-bond donors (Lipinski definition) is 0. The molecule has 0 spiro atoms. The van der Waals surface area contributed by atoms with Gasteiger partial charge in [-0.1, -0.05) is 11.6 Å². The molecule has 0 amide bonds. The minimum absolute atomic E-state index is 0.590. The normalized spacial score (nSPS) is 10.9. The number of halogens is 1. The molecule has 0 saturated carbocycles. The summed E-state index contributed by atoms with van der Waals surface area (Å²) in [5, 5.41) is 5.52. The molecule has 0 atom stereocenters. The molecular weight excluding hydrogens is 264 g/mol. The van der Waals surface area contributed by atoms with Crippen molar-refractivity contribution in [1.29, 1.82) is 0 Å². The highest BCUT2D eigenvalue weighted by atomic mass is 35.5. The van der Waals surface area contributed by atoms with Gasteiger partial charge in [0.05, 0.1) is 18.3 Å². The largest absolute Gasteiger partial charge is 0.494 e. The van der Waals surface area contributed by atoms with Crippen molar-refractivity contribution in [3.63, 3.8) is 0 Å². The van der Waals surface area contributed by atoms with Gasteiger partial charge in [0.1, 0.15) is 11.4 Å². The van der Waals surface area contributed by atoms with Crippen LogP contribution in [0.1, 0.15) is 0 Å². The minimum atomic E-state index is 0.590. The predicted octanol–water partition coefficient (Wildman–Crippen LogP) is 2.69. The Morgan fingerprint density at radius 2 is 2.21 bits per heavy atom. The Balaban J connectivity index is 2.29. The third-order valence-electron chi connectivity index (χ3n) is 2.84. The molecule has 6 heteroatoms. The van der Waals surface area contributed by atoms with E-state index in [-0.39, 0.29) is 0 Å². The Hall–Kier alpha value is -2.14. The van der Waals surface area contributed by atoms with Crippen LogP contribution in [-0.2, 0) is 7.05 Å². The number of methoxy groups -OCH3 is 1. The Labute approximate surface area is 114 Å². The first kappa shape index (κ1) is 11.9. The summed E-state index contributed by atoms with van der Waals surface area (Å²) in [4.78, 5) is 8.75. The van der Waals surface area contributed by atoms with E-state index in [1.807, 2.05) is 19.3 Å². The number of fused-ring (bicyclic) bond motifs is 1. The lowest BCUT2D eigenvalue weighted by Gasteiger charge is -2.08. The lowest BCUT2D eigenvalue weighted by Crippen LogP contribution is -1.94. The van der Waals surface area contributed by atoms with Gasteiger partial charge in [-0.15, -0.1) is 0 Å². The average Bonchev–Trinajstić information content (AvgIpc) is 2.84. The highest BCUT2D eigenvalue weighted by molar-refractivity contribution is 6.35. The third-order valence-corrected chi connectivity index (χ3v) is 3.17. The molecule has 3 heterocycles. The molecule has 96 valence electrons. The number of aromatic nitrogens is 4. The maximum absolute atomic E-state index is 6.14. The van der Waals surface area contributed by atoms with Gasteiger partial charge in [-0.05, 0) is 12.1 Å². The predicted molar refractivity (Wildman–Crippen MR) is 73.3 cm³/mol. The van der Waals surface area contributed by atoms with Crippen molar-refractivity contribution in [3.05, 3.63) is 35.7 Å². The Morgan fingerprint density at radius 3 is 2.89 bits per heavy atom. The van der Waals surface area contributed by atoms with Gasteiger partial charge in [-0.3, -0.25) is 4.68 Å². The van der Waals surface area contributed by atoms with E-state index in [1.54, 1.807) is 30.3 Å². The zero-order valence-electron chi connectivity index (χ0n) is 10.5. The standard InChI is InChI=1S/C13H11ClN4O/c1-18-7-8(6-16-18)12-11(19-2)5-9-10(14)3-4-15-13(9)17-12/h3-7H,1-2H3. The van der Waals surface area contributed by atoms with Gasteiger partial charge in [-0.2, -0.15) is 5.10 Å². The molecule has 0 bridgehead atoms. The molecule has 0 aliphatic heterocycles. The average molecular weight is 275 g/mol. The molecular formula is C13H11ClN4O. The maximum atomic E-state index is 6.14. The summed E-state index contributed by atoms with van der Waals surface area (Å²) in [5.41, 5.74) is 2.17. The molecule has 5 nitrogen and oxygen atoms in total. The van der Waals surface area contributed by atoms with Crippen LogP contribution >= 0.6 is 11.6 Å². The summed E-state index contributed by atoms with van der Waals surface area (Å²) >= 11 is 6.14. The molecule has 3 aromatic heterocycles. The van der Waals surface area contributed by atoms with Crippen LogP contribution in [0.3, 0.4) is 0 Å². The SMILES string of the molecule is COc1cc2c(Cl)ccnc2nc1-c1cnn(C)c1. The second-order valence-corrected chi connectivity index (χ2v) is 4.51. The summed E-state index contributed by atoms with van der Waals surface area (Å²) in [6.45, 7) is 0. The van der Waals surface area contributed by atoms with Crippen molar-refractivity contribution in [2.75, 3.05) is 7.11 Å². The summed E-state index contributed by atoms with van der Waals surface area (Å²) in [7, 11) is 3.46. The van der Waals surface area contributed by atoms with E-state index in [1.165, 1.54) is 0 Å². The summed E-state index contributed by atoms with van der Waals surface area (Å²) in [6.07, 6.45) is 5.25. The van der Waals surface area contributed by atoms with Crippen molar-refractivity contribution in [2.45, 2.75) is 0 Å². The van der Waals surface area contributed by atoms with Crippen LogP contribution in [0.25, 0.3) is 22.3 Å². The van der Waals surface area contributed by atoms with E-state index in [0.717, 1.165) is 10.9 Å². The molecule has 0 fully saturated rings. The molecule has 19 heavy (non-hydrogen) atoms. The van der Waals surface area contributed by atoms with E-state index in [9.17, 15) is 0 Å². The minimum Gasteiger partial charge on any atom is -0.494 e. The quantitative estimate of drug-likeness (QED) is 0.721. The van der Waals surface area contributed by atoms with Crippen molar-refractivity contribution in [3.8, 4) is 17.0 Å². The van der Waals surface area contributed by atoms with Crippen LogP contribution in [0.15, 0.2) is 30.7 Å². The van der Waals surface area contributed by atoms with Gasteiger partial charge in [0.25, 0.3) is 0 Å². The molecule has 0 aromatic carbocycles. The fourth-order valence-corrected chi connectivity index (χ4v) is 2.12. The monoisotopic (exact) mass is 274 g/mol. The molecule has 0 aliphatic carbocycles. The zero-order valence-corrected chi connectivity index (χ0v) is 11.2. The van der Waals surface area contributed by atoms with E-state index in [2.05, 4.69) is 15.1 Å². The second kappa shape index (κ2) is 4.51. The van der Waals surface area contributed by atoms with E-state index in [4.69, 9.17) is 16.3 Å². The van der Waals surface area contributed by atoms with Crippen molar-refractivity contribution >= 4 is 22.6 Å². The topological polar surface area (TPSA) is 52.8 Å². The summed E-state index contributed by atoms with van der Waals surface area (Å²) < 4.78 is 7.10. The molecule has 0 radical (unpaired) electrons. The molecule has 3 aromatic rings. The van der Waals surface area contributed by atoms with Crippen LogP contribution in [0.2, 0.25) is 5.02 Å². The molecule has 0 aliphatic rings. The van der Waals surface area contributed by atoms with Gasteiger partial charge >= 0.3 is 0 Å². The first-order chi connectivity index (χ1) is 9.19. The van der Waals surface area contributed by atoms with E-state index < -0.39 is 0 Å². The first-order valence-electron chi connectivity index (χ1n) is 5.67. The Morgan fingerprint density at radius 1 is 1.37 bits per heavy atom. The maximum Gasteiger partial charge on any atom is 0.161 e. The number of aryl methyl sites for hydroxylation is 1. The van der Waals surface area contributed by atoms with E-state index >= 15 is 0 Å². The van der Waals surface area contributed by atoms with Gasteiger partial charge < -0.3 is 4.74 Å². The fraction of sp³-hybridized carbons (Fsp3) is 0.154. The van der Waals surface area contributed by atoms with E-state index in [0.29, 0.717) is 22.1 Å². The van der Waals surface area contributed by atoms with Crippen molar-refractivity contribution in [1.82, 2.24) is 19.7 Å². The lowest BCUT2D eigenvalue weighted by atomic mass is 10.2. The third kappa shape index (κ3) is 2.02. The molecule has 0 saturated heterocycles. The highest BCUT2D eigenvalue weighted by Gasteiger charge is 2.13. The van der Waals surface area contributed by atoms with Crippen LogP contribution in [0.4, 0.5) is 0 Å². The highest BCUT2D eigenvalue weighted by Crippen LogP contribution is 2.32. The second-order valence-electron chi connectivity index (χ2n) is 4.11. The van der Waals surface area contributed by atoms with Gasteiger partial charge in [0.2, 0.25) is 0 Å². The lowest BCUT2D eigenvalue weighted by molar-refractivity contribution is 0.415. The zero-order chi connectivity index (χ0) is 13.4. The van der Waals surface area contributed by atoms with Crippen molar-refractivity contribution in [2.24, 2.45) is 7.05 Å². The Kier molecular flexibility index (Phi) is 2.83. The number of rotatable bonds is 2. The smallest absolute Gasteiger partial charge is 0.161 e. The van der Waals surface area contributed by atoms with Crippen LogP contribution in [0.5, 0.6) is 5.75 Å². The fourth-order valence-electron chi connectivity index (χ4n) is 1.93. The summed E-state index contributed by atoms with van der Waals surface area (Å²) in [5.74, 6) is 0.649. The first-order valence-corrected chi connectivity index (χ1v) is 6.05. The van der Waals surface area contributed by atoms with Crippen LogP contribution < -0.4 is 4.74 Å². The Bertz CT molecular complexity index is 753. The van der Waals surface area contributed by atoms with Gasteiger partial charge in [0, 0.05) is 30.4 Å². The van der Waals surface area contributed by atoms with Gasteiger partial charge in [-0.25, -0.2) is 9.97 Å². The molecule has 3 rings (SSSR count). The number of nitrogens with zero attached hydrogens (tertiary/aromatic N) is 4. The molecule has 0 N–H and O–H groups in total. The van der Waals surface area contributed by atoms with Crippen molar-refractivity contribution < 1.29 is 4.74 Å². The number of hydrogen-bond acceptors (Lipinski definition) is 4. The summed E-state index contributed by atoms with van der Waals surface area (Å²) in [6, 6.07) is 3.58. The van der Waals surface area contributed by atoms with Gasteiger partial charge in [0.15, 0.2) is 5.65 Å². The number of ether oxygens (including phenoxy) is 1. The van der Waals surface area contributed by atoms with Crippen LogP contribution in [-0.4, -0.2) is 26.9 Å². The molecule has 0 unspecified atom stereocenters. The van der Waals surface area contributed by atoms with Crippen LogP contribution in [0, 0.1) is 0 Å².